The van der Waals surface area contributed by atoms with Gasteiger partial charge in [0.25, 0.3) is 5.69 Å². The number of hydrogen-bond acceptors (Lipinski definition) is 6. The molecular weight excluding hydrogens is 376 g/mol. The number of nitro benzene ring substituents is 1. The fourth-order valence-corrected chi connectivity index (χ4v) is 4.96. The second kappa shape index (κ2) is 7.40. The Kier molecular flexibility index (Phi) is 5.21. The number of sulfonamides is 1. The molecule has 3 rings (SSSR count). The Morgan fingerprint density at radius 3 is 2.65 bits per heavy atom. The summed E-state index contributed by atoms with van der Waals surface area (Å²) in [6, 6.07) is 9.25. The summed E-state index contributed by atoms with van der Waals surface area (Å²) in [6.45, 7) is 1.91. The summed E-state index contributed by atoms with van der Waals surface area (Å²) in [6.07, 6.45) is 2.96. The molecule has 0 amide bonds. The molecule has 0 aliphatic carbocycles. The number of rotatable bonds is 7. The molecule has 3 aromatic rings. The Morgan fingerprint density at radius 1 is 1.23 bits per heavy atom. The first-order chi connectivity index (χ1) is 12.4. The fourth-order valence-electron chi connectivity index (χ4n) is 2.51. The van der Waals surface area contributed by atoms with Gasteiger partial charge in [-0.25, -0.2) is 8.42 Å². The van der Waals surface area contributed by atoms with Gasteiger partial charge >= 0.3 is 0 Å². The Balaban J connectivity index is 2.03. The lowest BCUT2D eigenvalue weighted by Gasteiger charge is -2.22. The minimum absolute atomic E-state index is 0.0632. The van der Waals surface area contributed by atoms with Gasteiger partial charge < -0.3 is 4.42 Å². The molecule has 0 fully saturated rings. The Labute approximate surface area is 154 Å². The summed E-state index contributed by atoms with van der Waals surface area (Å²) in [7, 11) is -3.95. The van der Waals surface area contributed by atoms with Crippen LogP contribution in [-0.2, 0) is 23.1 Å². The van der Waals surface area contributed by atoms with Crippen molar-refractivity contribution in [3.8, 4) is 0 Å². The molecule has 0 spiro atoms. The molecule has 2 aromatic heterocycles. The maximum absolute atomic E-state index is 13.3. The van der Waals surface area contributed by atoms with Crippen molar-refractivity contribution in [1.29, 1.82) is 0 Å². The fraction of sp³-hybridized carbons (Fsp3) is 0.176. The van der Waals surface area contributed by atoms with Gasteiger partial charge in [0.15, 0.2) is 0 Å². The van der Waals surface area contributed by atoms with E-state index in [1.807, 2.05) is 17.5 Å². The summed E-state index contributed by atoms with van der Waals surface area (Å²) >= 11 is 1.45. The van der Waals surface area contributed by atoms with E-state index >= 15 is 0 Å². The maximum atomic E-state index is 13.3. The minimum atomic E-state index is -3.95. The highest BCUT2D eigenvalue weighted by Crippen LogP contribution is 2.28. The molecular formula is C17H16N2O5S2. The van der Waals surface area contributed by atoms with E-state index in [0.717, 1.165) is 10.9 Å². The molecule has 0 aliphatic rings. The molecule has 0 aliphatic heterocycles. The van der Waals surface area contributed by atoms with E-state index in [0.29, 0.717) is 11.1 Å². The van der Waals surface area contributed by atoms with Crippen LogP contribution in [0.15, 0.2) is 63.6 Å². The zero-order valence-electron chi connectivity index (χ0n) is 13.9. The van der Waals surface area contributed by atoms with Crippen molar-refractivity contribution in [2.24, 2.45) is 0 Å². The first kappa shape index (κ1) is 18.3. The third-order valence-electron chi connectivity index (χ3n) is 3.85. The third kappa shape index (κ3) is 3.85. The number of aryl methyl sites for hydroxylation is 1. The molecule has 0 saturated carbocycles. The number of furan rings is 1. The van der Waals surface area contributed by atoms with Gasteiger partial charge in [0, 0.05) is 35.7 Å². The van der Waals surface area contributed by atoms with Crippen molar-refractivity contribution >= 4 is 27.0 Å². The van der Waals surface area contributed by atoms with Crippen LogP contribution in [0.5, 0.6) is 0 Å². The van der Waals surface area contributed by atoms with E-state index in [-0.39, 0.29) is 23.7 Å². The van der Waals surface area contributed by atoms with Gasteiger partial charge in [-0.05, 0) is 30.0 Å². The quantitative estimate of drug-likeness (QED) is 0.448. The second-order valence-electron chi connectivity index (χ2n) is 5.69. The van der Waals surface area contributed by atoms with Crippen molar-refractivity contribution in [1.82, 2.24) is 4.31 Å². The van der Waals surface area contributed by atoms with Crippen molar-refractivity contribution in [2.45, 2.75) is 24.9 Å². The van der Waals surface area contributed by atoms with E-state index in [2.05, 4.69) is 0 Å². The normalized spacial score (nSPS) is 11.8. The van der Waals surface area contributed by atoms with Gasteiger partial charge in [-0.3, -0.25) is 10.1 Å². The first-order valence-electron chi connectivity index (χ1n) is 7.66. The van der Waals surface area contributed by atoms with Gasteiger partial charge in [-0.1, -0.05) is 12.1 Å². The van der Waals surface area contributed by atoms with Crippen LogP contribution in [0.1, 0.15) is 16.0 Å². The Hall–Kier alpha value is -2.49. The van der Waals surface area contributed by atoms with Gasteiger partial charge in [0.1, 0.15) is 0 Å². The van der Waals surface area contributed by atoms with Crippen LogP contribution >= 0.6 is 11.3 Å². The van der Waals surface area contributed by atoms with Gasteiger partial charge in [0.05, 0.1) is 22.3 Å². The number of hydrogen-bond donors (Lipinski definition) is 0. The molecule has 0 bridgehead atoms. The predicted molar refractivity (Wildman–Crippen MR) is 97.3 cm³/mol. The van der Waals surface area contributed by atoms with Gasteiger partial charge in [-0.2, -0.15) is 4.31 Å². The molecule has 7 nitrogen and oxygen atoms in total. The lowest BCUT2D eigenvalue weighted by molar-refractivity contribution is -0.385. The largest absolute Gasteiger partial charge is 0.472 e. The highest BCUT2D eigenvalue weighted by molar-refractivity contribution is 7.89. The smallest absolute Gasteiger partial charge is 0.270 e. The average molecular weight is 392 g/mol. The number of non-ortho nitro benzene ring substituents is 1. The number of thiophene rings is 1. The molecule has 26 heavy (non-hydrogen) atoms. The lowest BCUT2D eigenvalue weighted by Crippen LogP contribution is -2.30. The zero-order chi connectivity index (χ0) is 18.7. The molecule has 1 aromatic carbocycles. The summed E-state index contributed by atoms with van der Waals surface area (Å²) in [5.41, 5.74) is 0.903. The molecule has 0 unspecified atom stereocenters. The van der Waals surface area contributed by atoms with Crippen LogP contribution < -0.4 is 0 Å². The molecule has 0 N–H and O–H groups in total. The van der Waals surface area contributed by atoms with Crippen molar-refractivity contribution in [3.63, 3.8) is 0 Å². The molecule has 136 valence electrons. The Morgan fingerprint density at radius 2 is 2.04 bits per heavy atom. The molecule has 9 heteroatoms. The summed E-state index contributed by atoms with van der Waals surface area (Å²) < 4.78 is 32.9. The van der Waals surface area contributed by atoms with Crippen LogP contribution in [-0.4, -0.2) is 17.6 Å². The lowest BCUT2D eigenvalue weighted by atomic mass is 10.2. The molecule has 0 radical (unpaired) electrons. The second-order valence-corrected chi connectivity index (χ2v) is 8.63. The van der Waals surface area contributed by atoms with Crippen LogP contribution in [0.4, 0.5) is 5.69 Å². The predicted octanol–water partition coefficient (Wildman–Crippen LogP) is 3.95. The van der Waals surface area contributed by atoms with Crippen LogP contribution in [0, 0.1) is 17.0 Å². The van der Waals surface area contributed by atoms with E-state index in [4.69, 9.17) is 4.42 Å². The monoisotopic (exact) mass is 392 g/mol. The highest BCUT2D eigenvalue weighted by atomic mass is 32.2. The number of nitro groups is 1. The van der Waals surface area contributed by atoms with Crippen LogP contribution in [0.2, 0.25) is 0 Å². The summed E-state index contributed by atoms with van der Waals surface area (Å²) in [4.78, 5) is 11.3. The zero-order valence-corrected chi connectivity index (χ0v) is 15.5. The first-order valence-corrected chi connectivity index (χ1v) is 9.98. The van der Waals surface area contributed by atoms with Gasteiger partial charge in [0.2, 0.25) is 10.0 Å². The van der Waals surface area contributed by atoms with Crippen LogP contribution in [0.3, 0.4) is 0 Å². The van der Waals surface area contributed by atoms with E-state index < -0.39 is 14.9 Å². The highest BCUT2D eigenvalue weighted by Gasteiger charge is 2.28. The third-order valence-corrected chi connectivity index (χ3v) is 6.65. The van der Waals surface area contributed by atoms with E-state index in [1.165, 1.54) is 40.3 Å². The van der Waals surface area contributed by atoms with Crippen molar-refractivity contribution in [3.05, 3.63) is 80.4 Å². The van der Waals surface area contributed by atoms with Crippen LogP contribution in [0.25, 0.3) is 0 Å². The Bertz CT molecular complexity index is 960. The topological polar surface area (TPSA) is 93.7 Å². The maximum Gasteiger partial charge on any atom is 0.270 e. The average Bonchev–Trinajstić information content (AvgIpc) is 3.28. The standard InChI is InChI=1S/C17H16N2O5S2/c1-13-4-5-15(19(20)21)9-17(13)26(22,23)18(10-14-6-7-24-12-14)11-16-3-2-8-25-16/h2-9,12H,10-11H2,1H3. The summed E-state index contributed by atoms with van der Waals surface area (Å²) in [5, 5.41) is 12.9. The van der Waals surface area contributed by atoms with Crippen molar-refractivity contribution < 1.29 is 17.8 Å². The molecule has 2 heterocycles. The molecule has 0 atom stereocenters. The number of benzene rings is 1. The van der Waals surface area contributed by atoms with E-state index in [9.17, 15) is 18.5 Å². The minimum Gasteiger partial charge on any atom is -0.472 e. The SMILES string of the molecule is Cc1ccc([N+](=O)[O-])cc1S(=O)(=O)N(Cc1ccoc1)Cc1cccs1. The number of nitrogens with zero attached hydrogens (tertiary/aromatic N) is 2. The van der Waals surface area contributed by atoms with Gasteiger partial charge in [-0.15, -0.1) is 11.3 Å². The summed E-state index contributed by atoms with van der Waals surface area (Å²) in [5.74, 6) is 0. The van der Waals surface area contributed by atoms with Crippen molar-refractivity contribution in [2.75, 3.05) is 0 Å². The molecule has 0 saturated heterocycles. The van der Waals surface area contributed by atoms with E-state index in [1.54, 1.807) is 13.0 Å².